The number of halogens is 2. The molecular formula is C28H33F2N5O5S. The number of likely N-dealkylation sites (N-methyl/N-ethyl adjacent to an activating group) is 1. The van der Waals surface area contributed by atoms with Crippen LogP contribution in [0.2, 0.25) is 0 Å². The number of sulfonamides is 1. The fraction of sp³-hybridized carbons (Fsp3) is 0.429. The van der Waals surface area contributed by atoms with E-state index in [1.807, 2.05) is 24.1 Å². The lowest BCUT2D eigenvalue weighted by atomic mass is 9.98. The van der Waals surface area contributed by atoms with Crippen LogP contribution >= 0.6 is 0 Å². The normalized spacial score (nSPS) is 16.4. The Morgan fingerprint density at radius 2 is 1.93 bits per heavy atom. The number of benzene rings is 2. The van der Waals surface area contributed by atoms with Gasteiger partial charge in [0.25, 0.3) is 0 Å². The molecular weight excluding hydrogens is 556 g/mol. The Kier molecular flexibility index (Phi) is 8.68. The van der Waals surface area contributed by atoms with E-state index in [0.717, 1.165) is 40.7 Å². The zero-order valence-corrected chi connectivity index (χ0v) is 23.5. The Labute approximate surface area is 237 Å². The predicted molar refractivity (Wildman–Crippen MR) is 149 cm³/mol. The summed E-state index contributed by atoms with van der Waals surface area (Å²) in [7, 11) is -2.32. The summed E-state index contributed by atoms with van der Waals surface area (Å²) >= 11 is 0. The summed E-state index contributed by atoms with van der Waals surface area (Å²) in [5.41, 5.74) is 3.73. The maximum atomic E-state index is 13.8. The van der Waals surface area contributed by atoms with Crippen LogP contribution in [0.1, 0.15) is 40.2 Å². The average Bonchev–Trinajstić information content (AvgIpc) is 3.35. The summed E-state index contributed by atoms with van der Waals surface area (Å²) in [6.45, 7) is 1.71. The van der Waals surface area contributed by atoms with Crippen LogP contribution in [-0.2, 0) is 34.1 Å². The minimum Gasteiger partial charge on any atom is -0.395 e. The van der Waals surface area contributed by atoms with Gasteiger partial charge in [-0.15, -0.1) is 0 Å². The summed E-state index contributed by atoms with van der Waals surface area (Å²) in [5, 5.41) is 20.1. The number of ketones is 1. The largest absolute Gasteiger partial charge is 0.395 e. The molecule has 1 saturated heterocycles. The van der Waals surface area contributed by atoms with Crippen molar-refractivity contribution in [2.45, 2.75) is 43.2 Å². The standard InChI is InChI=1S/C28H33F2N5O5S/c1-34(8-9-36)21-2-3-23(26(15-21)31-20-5-10-40-11-6-20)28(37)16-27-24-17-35(7-4-25(24)32-33-27)41(38,39)22-13-18(29)12-19(30)14-22/h2-3,12-15,20,31,36H,4-11,16-17H2,1H3,(H,32,33). The lowest BCUT2D eigenvalue weighted by Gasteiger charge is -2.27. The number of carbonyl (C=O) groups is 1. The van der Waals surface area contributed by atoms with Crippen molar-refractivity contribution in [2.24, 2.45) is 0 Å². The Hall–Kier alpha value is -3.39. The van der Waals surface area contributed by atoms with Gasteiger partial charge in [-0.2, -0.15) is 9.40 Å². The number of fused-ring (bicyclic) bond motifs is 1. The zero-order chi connectivity index (χ0) is 29.1. The molecule has 0 radical (unpaired) electrons. The van der Waals surface area contributed by atoms with Crippen LogP contribution in [-0.4, -0.2) is 79.8 Å². The van der Waals surface area contributed by atoms with Gasteiger partial charge in [0.1, 0.15) is 11.6 Å². The molecule has 0 aliphatic carbocycles. The number of hydrogen-bond acceptors (Lipinski definition) is 8. The lowest BCUT2D eigenvalue weighted by molar-refractivity contribution is 0.0904. The molecule has 220 valence electrons. The van der Waals surface area contributed by atoms with Gasteiger partial charge in [0.2, 0.25) is 10.0 Å². The molecule has 0 atom stereocenters. The molecule has 10 nitrogen and oxygen atoms in total. The summed E-state index contributed by atoms with van der Waals surface area (Å²) in [6.07, 6.45) is 1.85. The van der Waals surface area contributed by atoms with Crippen molar-refractivity contribution >= 4 is 27.2 Å². The highest BCUT2D eigenvalue weighted by Gasteiger charge is 2.32. The molecule has 5 rings (SSSR count). The summed E-state index contributed by atoms with van der Waals surface area (Å²) < 4.78 is 60.6. The molecule has 41 heavy (non-hydrogen) atoms. The van der Waals surface area contributed by atoms with Crippen LogP contribution in [0.3, 0.4) is 0 Å². The minimum atomic E-state index is -4.18. The predicted octanol–water partition coefficient (Wildman–Crippen LogP) is 2.88. The fourth-order valence-corrected chi connectivity index (χ4v) is 6.68. The first-order valence-electron chi connectivity index (χ1n) is 13.5. The maximum absolute atomic E-state index is 13.8. The highest BCUT2D eigenvalue weighted by molar-refractivity contribution is 7.89. The third-order valence-corrected chi connectivity index (χ3v) is 9.37. The number of aliphatic hydroxyl groups excluding tert-OH is 1. The van der Waals surface area contributed by atoms with Gasteiger partial charge >= 0.3 is 0 Å². The van der Waals surface area contributed by atoms with E-state index < -0.39 is 26.6 Å². The van der Waals surface area contributed by atoms with Gasteiger partial charge in [0.05, 0.1) is 23.6 Å². The quantitative estimate of drug-likeness (QED) is 0.308. The number of anilines is 2. The van der Waals surface area contributed by atoms with E-state index in [2.05, 4.69) is 15.5 Å². The van der Waals surface area contributed by atoms with E-state index in [1.54, 1.807) is 6.07 Å². The van der Waals surface area contributed by atoms with E-state index in [0.29, 0.717) is 54.8 Å². The molecule has 0 saturated carbocycles. The minimum absolute atomic E-state index is 0.00886. The molecule has 0 unspecified atom stereocenters. The lowest BCUT2D eigenvalue weighted by Crippen LogP contribution is -2.36. The molecule has 0 spiro atoms. The Morgan fingerprint density at radius 1 is 1.20 bits per heavy atom. The van der Waals surface area contributed by atoms with Crippen LogP contribution < -0.4 is 10.2 Å². The highest BCUT2D eigenvalue weighted by Crippen LogP contribution is 2.30. The van der Waals surface area contributed by atoms with Gasteiger partial charge in [0.15, 0.2) is 5.78 Å². The Bertz CT molecular complexity index is 1500. The average molecular weight is 590 g/mol. The summed E-state index contributed by atoms with van der Waals surface area (Å²) in [5.74, 6) is -2.15. The number of nitrogens with one attached hydrogen (secondary N) is 2. The number of ether oxygens (including phenoxy) is 1. The van der Waals surface area contributed by atoms with E-state index in [9.17, 15) is 27.1 Å². The van der Waals surface area contributed by atoms with Gasteiger partial charge in [-0.25, -0.2) is 17.2 Å². The molecule has 2 aliphatic rings. The third-order valence-electron chi connectivity index (χ3n) is 7.55. The number of hydrogen-bond donors (Lipinski definition) is 3. The third kappa shape index (κ3) is 6.43. The van der Waals surface area contributed by atoms with Crippen LogP contribution in [0.15, 0.2) is 41.3 Å². The van der Waals surface area contributed by atoms with Gasteiger partial charge in [-0.1, -0.05) is 0 Å². The van der Waals surface area contributed by atoms with Gasteiger partial charge in [-0.05, 0) is 43.2 Å². The van der Waals surface area contributed by atoms with E-state index >= 15 is 0 Å². The number of aromatic nitrogens is 2. The number of rotatable bonds is 10. The molecule has 3 aromatic rings. The van der Waals surface area contributed by atoms with Crippen LogP contribution in [0.25, 0.3) is 0 Å². The van der Waals surface area contributed by atoms with Gasteiger partial charge in [-0.3, -0.25) is 9.89 Å². The smallest absolute Gasteiger partial charge is 0.243 e. The van der Waals surface area contributed by atoms with Crippen molar-refractivity contribution in [3.8, 4) is 0 Å². The van der Waals surface area contributed by atoms with Crippen molar-refractivity contribution in [3.05, 3.63) is 70.5 Å². The van der Waals surface area contributed by atoms with E-state index in [-0.39, 0.29) is 37.9 Å². The summed E-state index contributed by atoms with van der Waals surface area (Å²) in [4.78, 5) is 15.1. The Balaban J connectivity index is 1.39. The second-order valence-corrected chi connectivity index (χ2v) is 12.3. The molecule has 1 fully saturated rings. The second-order valence-electron chi connectivity index (χ2n) is 10.3. The van der Waals surface area contributed by atoms with E-state index in [1.165, 1.54) is 0 Å². The topological polar surface area (TPSA) is 128 Å². The molecule has 0 amide bonds. The number of H-pyrrole nitrogens is 1. The summed E-state index contributed by atoms with van der Waals surface area (Å²) in [6, 6.07) is 7.81. The van der Waals surface area contributed by atoms with Gasteiger partial charge in [0, 0.05) is 86.6 Å². The van der Waals surface area contributed by atoms with Crippen molar-refractivity contribution < 1.29 is 31.8 Å². The first kappa shape index (κ1) is 29.1. The van der Waals surface area contributed by atoms with Crippen LogP contribution in [0.4, 0.5) is 20.2 Å². The van der Waals surface area contributed by atoms with Crippen molar-refractivity contribution in [2.75, 3.05) is 50.2 Å². The molecule has 2 aliphatic heterocycles. The second kappa shape index (κ2) is 12.2. The maximum Gasteiger partial charge on any atom is 0.243 e. The Morgan fingerprint density at radius 3 is 2.63 bits per heavy atom. The number of nitrogens with zero attached hydrogens (tertiary/aromatic N) is 3. The number of aromatic amines is 1. The van der Waals surface area contributed by atoms with Crippen molar-refractivity contribution in [3.63, 3.8) is 0 Å². The monoisotopic (exact) mass is 589 g/mol. The van der Waals surface area contributed by atoms with Gasteiger partial charge < -0.3 is 20.1 Å². The molecule has 3 heterocycles. The molecule has 1 aromatic heterocycles. The molecule has 13 heteroatoms. The first-order chi connectivity index (χ1) is 19.7. The fourth-order valence-electron chi connectivity index (χ4n) is 5.23. The molecule has 0 bridgehead atoms. The van der Waals surface area contributed by atoms with Crippen molar-refractivity contribution in [1.82, 2.24) is 14.5 Å². The first-order valence-corrected chi connectivity index (χ1v) is 14.9. The van der Waals surface area contributed by atoms with Crippen molar-refractivity contribution in [1.29, 1.82) is 0 Å². The molecule has 2 aromatic carbocycles. The molecule has 3 N–H and O–H groups in total. The van der Waals surface area contributed by atoms with Crippen LogP contribution in [0, 0.1) is 11.6 Å². The number of carbonyl (C=O) groups excluding carboxylic acids is 1. The number of Topliss-reactive ketones (excluding diaryl/α,β-unsaturated/α-hetero) is 1. The van der Waals surface area contributed by atoms with E-state index in [4.69, 9.17) is 4.74 Å². The van der Waals surface area contributed by atoms with Crippen LogP contribution in [0.5, 0.6) is 0 Å². The number of aliphatic hydroxyl groups is 1. The zero-order valence-electron chi connectivity index (χ0n) is 22.7. The highest BCUT2D eigenvalue weighted by atomic mass is 32.2. The SMILES string of the molecule is CN(CCO)c1ccc(C(=O)Cc2n[nH]c3c2CN(S(=O)(=O)c2cc(F)cc(F)c2)CC3)c(NC2CCOCC2)c1.